The minimum absolute atomic E-state index is 0.0312. The highest BCUT2D eigenvalue weighted by atomic mass is 16.3. The molecule has 1 N–H and O–H groups in total. The molecular formula is C10H17NO. The molecule has 1 aliphatic rings. The van der Waals surface area contributed by atoms with Crippen molar-refractivity contribution in [1.29, 1.82) is 5.26 Å². The molecule has 0 aliphatic heterocycles. The standard InChI is InChI=1S/C10H17NO/c1-7-8(6-11)4-9(12)5-10(7,2)3/h7-9,12H,4-5H2,1-3H3. The summed E-state index contributed by atoms with van der Waals surface area (Å²) in [6.07, 6.45) is 1.20. The molecule has 0 spiro atoms. The van der Waals surface area contributed by atoms with Crippen LogP contribution in [0.25, 0.3) is 0 Å². The largest absolute Gasteiger partial charge is 0.393 e. The number of aliphatic hydroxyl groups is 1. The minimum atomic E-state index is -0.277. The Balaban J connectivity index is 2.77. The van der Waals surface area contributed by atoms with Gasteiger partial charge in [0.2, 0.25) is 0 Å². The van der Waals surface area contributed by atoms with Crippen molar-refractivity contribution in [3.8, 4) is 6.07 Å². The van der Waals surface area contributed by atoms with E-state index in [1.54, 1.807) is 0 Å². The zero-order valence-corrected chi connectivity index (χ0v) is 8.04. The summed E-state index contributed by atoms with van der Waals surface area (Å²) in [5.41, 5.74) is 0.109. The van der Waals surface area contributed by atoms with Crippen LogP contribution in [0.3, 0.4) is 0 Å². The fourth-order valence-corrected chi connectivity index (χ4v) is 2.08. The Morgan fingerprint density at radius 1 is 1.50 bits per heavy atom. The normalized spacial score (nSPS) is 40.4. The van der Waals surface area contributed by atoms with Crippen molar-refractivity contribution in [1.82, 2.24) is 0 Å². The Kier molecular flexibility index (Phi) is 2.44. The summed E-state index contributed by atoms with van der Waals surface area (Å²) in [7, 11) is 0. The third-order valence-electron chi connectivity index (χ3n) is 3.29. The van der Waals surface area contributed by atoms with Crippen molar-refractivity contribution in [2.75, 3.05) is 0 Å². The van der Waals surface area contributed by atoms with Crippen LogP contribution in [0.15, 0.2) is 0 Å². The first kappa shape index (κ1) is 9.54. The molecule has 0 aromatic heterocycles. The molecule has 2 heteroatoms. The lowest BCUT2D eigenvalue weighted by Gasteiger charge is -2.41. The van der Waals surface area contributed by atoms with Gasteiger partial charge in [-0.15, -0.1) is 0 Å². The second-order valence-electron chi connectivity index (χ2n) is 4.61. The van der Waals surface area contributed by atoms with Crippen LogP contribution in [0.5, 0.6) is 0 Å². The van der Waals surface area contributed by atoms with E-state index in [1.807, 2.05) is 0 Å². The zero-order chi connectivity index (χ0) is 9.35. The van der Waals surface area contributed by atoms with E-state index in [0.29, 0.717) is 12.3 Å². The smallest absolute Gasteiger partial charge is 0.0659 e. The highest BCUT2D eigenvalue weighted by molar-refractivity contribution is 4.98. The van der Waals surface area contributed by atoms with Crippen molar-refractivity contribution in [2.24, 2.45) is 17.3 Å². The lowest BCUT2D eigenvalue weighted by atomic mass is 9.64. The first-order chi connectivity index (χ1) is 5.47. The van der Waals surface area contributed by atoms with Gasteiger partial charge in [-0.2, -0.15) is 5.26 Å². The molecule has 0 aromatic rings. The van der Waals surface area contributed by atoms with E-state index in [1.165, 1.54) is 0 Å². The number of hydrogen-bond acceptors (Lipinski definition) is 2. The quantitative estimate of drug-likeness (QED) is 0.599. The Labute approximate surface area is 74.2 Å². The number of nitriles is 1. The predicted octanol–water partition coefficient (Wildman–Crippen LogP) is 1.94. The molecule has 0 radical (unpaired) electrons. The van der Waals surface area contributed by atoms with Gasteiger partial charge in [-0.05, 0) is 24.2 Å². The molecule has 0 saturated heterocycles. The molecule has 3 unspecified atom stereocenters. The zero-order valence-electron chi connectivity index (χ0n) is 8.04. The van der Waals surface area contributed by atoms with Crippen LogP contribution in [0.2, 0.25) is 0 Å². The highest BCUT2D eigenvalue weighted by Crippen LogP contribution is 2.43. The summed E-state index contributed by atoms with van der Waals surface area (Å²) in [6.45, 7) is 6.37. The summed E-state index contributed by atoms with van der Waals surface area (Å²) in [5.74, 6) is 0.426. The van der Waals surface area contributed by atoms with Gasteiger partial charge in [-0.25, -0.2) is 0 Å². The number of aliphatic hydroxyl groups excluding tert-OH is 1. The van der Waals surface area contributed by atoms with Gasteiger partial charge in [-0.1, -0.05) is 20.8 Å². The van der Waals surface area contributed by atoms with Gasteiger partial charge in [-0.3, -0.25) is 0 Å². The summed E-state index contributed by atoms with van der Waals surface area (Å²) in [6, 6.07) is 2.28. The SMILES string of the molecule is CC1C(C#N)CC(O)CC1(C)C. The van der Waals surface area contributed by atoms with Gasteiger partial charge < -0.3 is 5.11 Å². The number of nitrogens with zero attached hydrogens (tertiary/aromatic N) is 1. The van der Waals surface area contributed by atoms with Crippen molar-refractivity contribution in [3.63, 3.8) is 0 Å². The maximum atomic E-state index is 9.51. The second-order valence-corrected chi connectivity index (χ2v) is 4.61. The molecule has 0 heterocycles. The van der Waals surface area contributed by atoms with E-state index in [0.717, 1.165) is 6.42 Å². The summed E-state index contributed by atoms with van der Waals surface area (Å²) in [4.78, 5) is 0. The van der Waals surface area contributed by atoms with Gasteiger partial charge in [0.05, 0.1) is 18.1 Å². The maximum Gasteiger partial charge on any atom is 0.0659 e. The lowest BCUT2D eigenvalue weighted by Crippen LogP contribution is -2.38. The van der Waals surface area contributed by atoms with E-state index in [4.69, 9.17) is 5.26 Å². The molecule has 1 saturated carbocycles. The summed E-state index contributed by atoms with van der Waals surface area (Å²) >= 11 is 0. The Morgan fingerprint density at radius 2 is 2.08 bits per heavy atom. The van der Waals surface area contributed by atoms with E-state index in [2.05, 4.69) is 26.8 Å². The van der Waals surface area contributed by atoms with Crippen LogP contribution in [0, 0.1) is 28.6 Å². The van der Waals surface area contributed by atoms with Crippen molar-refractivity contribution < 1.29 is 5.11 Å². The van der Waals surface area contributed by atoms with Crippen LogP contribution in [-0.4, -0.2) is 11.2 Å². The van der Waals surface area contributed by atoms with Crippen LogP contribution in [0.4, 0.5) is 0 Å². The molecule has 3 atom stereocenters. The van der Waals surface area contributed by atoms with Gasteiger partial charge in [0, 0.05) is 0 Å². The molecular weight excluding hydrogens is 150 g/mol. The average molecular weight is 167 g/mol. The van der Waals surface area contributed by atoms with Crippen LogP contribution < -0.4 is 0 Å². The first-order valence-corrected chi connectivity index (χ1v) is 4.55. The number of rotatable bonds is 0. The van der Waals surface area contributed by atoms with Crippen molar-refractivity contribution >= 4 is 0 Å². The Bertz CT molecular complexity index is 204. The van der Waals surface area contributed by atoms with Gasteiger partial charge in [0.15, 0.2) is 0 Å². The Morgan fingerprint density at radius 3 is 2.58 bits per heavy atom. The van der Waals surface area contributed by atoms with E-state index in [9.17, 15) is 5.11 Å². The third-order valence-corrected chi connectivity index (χ3v) is 3.29. The highest BCUT2D eigenvalue weighted by Gasteiger charge is 2.39. The van der Waals surface area contributed by atoms with Gasteiger partial charge in [0.25, 0.3) is 0 Å². The fourth-order valence-electron chi connectivity index (χ4n) is 2.08. The fraction of sp³-hybridized carbons (Fsp3) is 0.900. The predicted molar refractivity (Wildman–Crippen MR) is 47.3 cm³/mol. The second kappa shape index (κ2) is 3.06. The summed E-state index contributed by atoms with van der Waals surface area (Å²) in [5, 5.41) is 18.4. The maximum absolute atomic E-state index is 9.51. The van der Waals surface area contributed by atoms with Crippen LogP contribution in [0.1, 0.15) is 33.6 Å². The molecule has 68 valence electrons. The number of hydrogen-bond donors (Lipinski definition) is 1. The molecule has 12 heavy (non-hydrogen) atoms. The topological polar surface area (TPSA) is 44.0 Å². The van der Waals surface area contributed by atoms with Crippen LogP contribution >= 0.6 is 0 Å². The molecule has 0 aromatic carbocycles. The molecule has 1 rings (SSSR count). The minimum Gasteiger partial charge on any atom is -0.393 e. The third kappa shape index (κ3) is 1.61. The average Bonchev–Trinajstić information content (AvgIpc) is 1.96. The Hall–Kier alpha value is -0.550. The monoisotopic (exact) mass is 167 g/mol. The summed E-state index contributed by atoms with van der Waals surface area (Å²) < 4.78 is 0. The molecule has 1 aliphatic carbocycles. The molecule has 0 amide bonds. The first-order valence-electron chi connectivity index (χ1n) is 4.55. The van der Waals surface area contributed by atoms with Gasteiger partial charge in [0.1, 0.15) is 0 Å². The van der Waals surface area contributed by atoms with Gasteiger partial charge >= 0.3 is 0 Å². The lowest BCUT2D eigenvalue weighted by molar-refractivity contribution is 0.00722. The van der Waals surface area contributed by atoms with E-state index >= 15 is 0 Å². The van der Waals surface area contributed by atoms with E-state index in [-0.39, 0.29) is 17.4 Å². The van der Waals surface area contributed by atoms with Crippen molar-refractivity contribution in [3.05, 3.63) is 0 Å². The molecule has 1 fully saturated rings. The van der Waals surface area contributed by atoms with E-state index < -0.39 is 0 Å². The van der Waals surface area contributed by atoms with Crippen LogP contribution in [-0.2, 0) is 0 Å². The van der Waals surface area contributed by atoms with Crippen molar-refractivity contribution in [2.45, 2.75) is 39.7 Å². The molecule has 2 nitrogen and oxygen atoms in total. The molecule has 0 bridgehead atoms.